The molecule has 31 heavy (non-hydrogen) atoms. The van der Waals surface area contributed by atoms with Gasteiger partial charge in [0.2, 0.25) is 5.95 Å². The standard InChI is InChI=1S/C23H25FN6O/c1-13(2)30-15(4)17(11-27-30)19-10-26-23(29-12-14(3)28-22(19)29)25-9-18-16-7-8-31-21(16)6-5-20(18)24/h5-6,10-13H,7-9H2,1-4H3,(H,25,26). The molecule has 0 saturated carbocycles. The number of aryl methyl sites for hydroxylation is 1. The van der Waals surface area contributed by atoms with Gasteiger partial charge in [-0.15, -0.1) is 0 Å². The Morgan fingerprint density at radius 1 is 1.19 bits per heavy atom. The van der Waals surface area contributed by atoms with Gasteiger partial charge in [-0.2, -0.15) is 5.10 Å². The van der Waals surface area contributed by atoms with E-state index in [1.807, 2.05) is 34.6 Å². The Balaban J connectivity index is 1.53. The minimum atomic E-state index is -0.233. The predicted molar refractivity (Wildman–Crippen MR) is 117 cm³/mol. The van der Waals surface area contributed by atoms with E-state index in [9.17, 15) is 4.39 Å². The third kappa shape index (κ3) is 3.22. The maximum absolute atomic E-state index is 14.5. The van der Waals surface area contributed by atoms with Crippen molar-refractivity contribution in [3.05, 3.63) is 59.1 Å². The van der Waals surface area contributed by atoms with Gasteiger partial charge in [-0.3, -0.25) is 9.08 Å². The van der Waals surface area contributed by atoms with E-state index in [4.69, 9.17) is 9.72 Å². The summed E-state index contributed by atoms with van der Waals surface area (Å²) in [6.45, 7) is 9.13. The van der Waals surface area contributed by atoms with Crippen LogP contribution in [0.2, 0.25) is 0 Å². The third-order valence-electron chi connectivity index (χ3n) is 5.80. The highest BCUT2D eigenvalue weighted by Crippen LogP contribution is 2.32. The van der Waals surface area contributed by atoms with Crippen molar-refractivity contribution in [2.75, 3.05) is 11.9 Å². The molecule has 0 amide bonds. The fourth-order valence-corrected chi connectivity index (χ4v) is 4.30. The summed E-state index contributed by atoms with van der Waals surface area (Å²) in [5.41, 5.74) is 6.23. The van der Waals surface area contributed by atoms with E-state index in [1.54, 1.807) is 6.07 Å². The summed E-state index contributed by atoms with van der Waals surface area (Å²) in [5, 5.41) is 7.83. The lowest BCUT2D eigenvalue weighted by Gasteiger charge is -2.13. The first-order valence-corrected chi connectivity index (χ1v) is 10.5. The van der Waals surface area contributed by atoms with Crippen molar-refractivity contribution in [3.63, 3.8) is 0 Å². The Morgan fingerprint density at radius 3 is 2.81 bits per heavy atom. The predicted octanol–water partition coefficient (Wildman–Crippen LogP) is 4.48. The van der Waals surface area contributed by atoms with Crippen LogP contribution < -0.4 is 10.1 Å². The zero-order chi connectivity index (χ0) is 21.7. The zero-order valence-electron chi connectivity index (χ0n) is 18.1. The Morgan fingerprint density at radius 2 is 2.03 bits per heavy atom. The van der Waals surface area contributed by atoms with Crippen molar-refractivity contribution in [2.45, 2.75) is 46.7 Å². The maximum Gasteiger partial charge on any atom is 0.208 e. The van der Waals surface area contributed by atoms with Crippen molar-refractivity contribution in [1.82, 2.24) is 24.1 Å². The Hall–Kier alpha value is -3.42. The van der Waals surface area contributed by atoms with Gasteiger partial charge in [0, 0.05) is 59.3 Å². The Kier molecular flexibility index (Phi) is 4.64. The molecule has 8 heteroatoms. The first kappa shape index (κ1) is 19.5. The molecule has 1 aliphatic heterocycles. The summed E-state index contributed by atoms with van der Waals surface area (Å²) in [6, 6.07) is 3.43. The van der Waals surface area contributed by atoms with Gasteiger partial charge in [-0.05, 0) is 39.8 Å². The number of rotatable bonds is 5. The summed E-state index contributed by atoms with van der Waals surface area (Å²) in [7, 11) is 0. The highest BCUT2D eigenvalue weighted by Gasteiger charge is 2.21. The molecule has 4 heterocycles. The number of fused-ring (bicyclic) bond motifs is 2. The lowest BCUT2D eigenvalue weighted by atomic mass is 10.0. The molecular weight excluding hydrogens is 395 g/mol. The van der Waals surface area contributed by atoms with E-state index in [0.29, 0.717) is 24.7 Å². The lowest BCUT2D eigenvalue weighted by Crippen LogP contribution is -2.10. The first-order valence-electron chi connectivity index (χ1n) is 10.5. The highest BCUT2D eigenvalue weighted by atomic mass is 19.1. The van der Waals surface area contributed by atoms with Gasteiger partial charge in [0.05, 0.1) is 18.5 Å². The number of hydrogen-bond donors (Lipinski definition) is 1. The molecule has 160 valence electrons. The van der Waals surface area contributed by atoms with E-state index in [-0.39, 0.29) is 11.9 Å². The number of imidazole rings is 1. The second kappa shape index (κ2) is 7.37. The molecule has 0 unspecified atom stereocenters. The van der Waals surface area contributed by atoms with Crippen LogP contribution in [0, 0.1) is 19.7 Å². The largest absolute Gasteiger partial charge is 0.493 e. The van der Waals surface area contributed by atoms with Crippen LogP contribution in [-0.2, 0) is 13.0 Å². The molecule has 3 aromatic heterocycles. The zero-order valence-corrected chi connectivity index (χ0v) is 18.1. The molecule has 0 radical (unpaired) electrons. The fraction of sp³-hybridized carbons (Fsp3) is 0.348. The molecule has 0 bridgehead atoms. The van der Waals surface area contributed by atoms with Crippen LogP contribution in [-0.4, -0.2) is 30.8 Å². The second-order valence-electron chi connectivity index (χ2n) is 8.21. The van der Waals surface area contributed by atoms with E-state index in [1.165, 1.54) is 6.07 Å². The summed E-state index contributed by atoms with van der Waals surface area (Å²) < 4.78 is 24.0. The summed E-state index contributed by atoms with van der Waals surface area (Å²) in [6.07, 6.45) is 6.33. The molecule has 1 aliphatic rings. The van der Waals surface area contributed by atoms with Crippen LogP contribution in [0.3, 0.4) is 0 Å². The summed E-state index contributed by atoms with van der Waals surface area (Å²) in [4.78, 5) is 9.38. The van der Waals surface area contributed by atoms with Crippen molar-refractivity contribution >= 4 is 11.6 Å². The molecule has 0 aliphatic carbocycles. The van der Waals surface area contributed by atoms with Gasteiger partial charge >= 0.3 is 0 Å². The van der Waals surface area contributed by atoms with E-state index < -0.39 is 0 Å². The molecule has 0 spiro atoms. The van der Waals surface area contributed by atoms with Gasteiger partial charge in [-0.25, -0.2) is 14.4 Å². The summed E-state index contributed by atoms with van der Waals surface area (Å²) in [5.74, 6) is 1.15. The SMILES string of the molecule is Cc1cn2c(NCc3c(F)ccc4c3CCO4)ncc(-c3cnn(C(C)C)c3C)c2n1. The molecule has 0 saturated heterocycles. The first-order chi connectivity index (χ1) is 14.9. The maximum atomic E-state index is 14.5. The number of hydrogen-bond acceptors (Lipinski definition) is 5. The third-order valence-corrected chi connectivity index (χ3v) is 5.80. The van der Waals surface area contributed by atoms with Crippen molar-refractivity contribution in [1.29, 1.82) is 0 Å². The van der Waals surface area contributed by atoms with Crippen molar-refractivity contribution < 1.29 is 9.13 Å². The number of anilines is 1. The molecule has 0 fully saturated rings. The molecular formula is C23H25FN6O. The minimum Gasteiger partial charge on any atom is -0.493 e. The number of aromatic nitrogens is 5. The molecule has 4 aromatic rings. The molecule has 1 aromatic carbocycles. The van der Waals surface area contributed by atoms with Gasteiger partial charge < -0.3 is 10.1 Å². The van der Waals surface area contributed by atoms with E-state index >= 15 is 0 Å². The average Bonchev–Trinajstić information content (AvgIpc) is 3.45. The molecule has 0 atom stereocenters. The number of nitrogens with one attached hydrogen (secondary N) is 1. The van der Waals surface area contributed by atoms with E-state index in [2.05, 4.69) is 36.2 Å². The van der Waals surface area contributed by atoms with Crippen LogP contribution in [0.5, 0.6) is 5.75 Å². The lowest BCUT2D eigenvalue weighted by molar-refractivity contribution is 0.356. The van der Waals surface area contributed by atoms with Crippen molar-refractivity contribution in [2.24, 2.45) is 0 Å². The Labute approximate surface area is 179 Å². The smallest absolute Gasteiger partial charge is 0.208 e. The molecule has 7 nitrogen and oxygen atoms in total. The average molecular weight is 420 g/mol. The quantitative estimate of drug-likeness (QED) is 0.516. The van der Waals surface area contributed by atoms with Crippen LogP contribution in [0.1, 0.15) is 42.4 Å². The van der Waals surface area contributed by atoms with Crippen LogP contribution in [0.25, 0.3) is 16.8 Å². The number of nitrogens with zero attached hydrogens (tertiary/aromatic N) is 5. The van der Waals surface area contributed by atoms with Crippen molar-refractivity contribution in [3.8, 4) is 16.9 Å². The topological polar surface area (TPSA) is 69.3 Å². The van der Waals surface area contributed by atoms with Gasteiger partial charge in [-0.1, -0.05) is 0 Å². The van der Waals surface area contributed by atoms with Crippen LogP contribution in [0.15, 0.2) is 30.7 Å². The van der Waals surface area contributed by atoms with Gasteiger partial charge in [0.25, 0.3) is 0 Å². The normalized spacial score (nSPS) is 13.1. The van der Waals surface area contributed by atoms with E-state index in [0.717, 1.165) is 45.9 Å². The second-order valence-corrected chi connectivity index (χ2v) is 8.21. The van der Waals surface area contributed by atoms with Gasteiger partial charge in [0.15, 0.2) is 0 Å². The monoisotopic (exact) mass is 420 g/mol. The minimum absolute atomic E-state index is 0.233. The Bertz CT molecular complexity index is 1290. The highest BCUT2D eigenvalue weighted by molar-refractivity contribution is 5.79. The molecule has 5 rings (SSSR count). The van der Waals surface area contributed by atoms with Crippen LogP contribution in [0.4, 0.5) is 10.3 Å². The number of ether oxygens (including phenoxy) is 1. The number of halogens is 1. The van der Waals surface area contributed by atoms with Gasteiger partial charge in [0.1, 0.15) is 17.2 Å². The summed E-state index contributed by atoms with van der Waals surface area (Å²) >= 11 is 0. The fourth-order valence-electron chi connectivity index (χ4n) is 4.30. The van der Waals surface area contributed by atoms with Crippen LogP contribution >= 0.6 is 0 Å². The molecule has 1 N–H and O–H groups in total. The number of benzene rings is 1.